The van der Waals surface area contributed by atoms with E-state index in [1.807, 2.05) is 27.7 Å². The third-order valence-electron chi connectivity index (χ3n) is 5.00. The van der Waals surface area contributed by atoms with Gasteiger partial charge in [0.05, 0.1) is 13.1 Å². The van der Waals surface area contributed by atoms with Crippen molar-refractivity contribution in [2.45, 2.75) is 46.7 Å². The maximum absolute atomic E-state index is 13.6. The van der Waals surface area contributed by atoms with Gasteiger partial charge in [0.25, 0.3) is 0 Å². The number of halogens is 1. The first-order valence-corrected chi connectivity index (χ1v) is 10.9. The Bertz CT molecular complexity index is 970. The Morgan fingerprint density at radius 1 is 0.939 bits per heavy atom. The molecular weight excluding hydrogens is 423 g/mol. The van der Waals surface area contributed by atoms with Gasteiger partial charge in [-0.1, -0.05) is 19.1 Å². The molecule has 178 valence electrons. The molecule has 0 spiro atoms. The Balaban J connectivity index is 1.99. The van der Waals surface area contributed by atoms with Crippen LogP contribution in [0.3, 0.4) is 0 Å². The molecule has 3 amide bonds. The van der Waals surface area contributed by atoms with Crippen molar-refractivity contribution in [3.05, 3.63) is 59.9 Å². The van der Waals surface area contributed by atoms with Gasteiger partial charge in [-0.15, -0.1) is 0 Å². The number of carbonyl (C=O) groups excluding carboxylic acids is 3. The van der Waals surface area contributed by atoms with Gasteiger partial charge in [-0.25, -0.2) is 4.39 Å². The van der Waals surface area contributed by atoms with Crippen molar-refractivity contribution in [1.82, 2.24) is 9.80 Å². The summed E-state index contributed by atoms with van der Waals surface area (Å²) in [6, 6.07) is 13.0. The lowest BCUT2D eigenvalue weighted by molar-refractivity contribution is -0.138. The number of nitrogens with one attached hydrogen (secondary N) is 2. The number of hydrogen-bond donors (Lipinski definition) is 2. The highest BCUT2D eigenvalue weighted by Gasteiger charge is 2.28. The highest BCUT2D eigenvalue weighted by atomic mass is 19.1. The van der Waals surface area contributed by atoms with E-state index >= 15 is 0 Å². The third kappa shape index (κ3) is 8.65. The molecule has 7 nitrogen and oxygen atoms in total. The van der Waals surface area contributed by atoms with Crippen molar-refractivity contribution in [1.29, 1.82) is 0 Å². The van der Waals surface area contributed by atoms with Crippen molar-refractivity contribution in [3.63, 3.8) is 0 Å². The van der Waals surface area contributed by atoms with Crippen LogP contribution in [-0.4, -0.2) is 52.7 Å². The van der Waals surface area contributed by atoms with Crippen LogP contribution in [0.1, 0.15) is 40.2 Å². The van der Waals surface area contributed by atoms with Crippen LogP contribution in [0.2, 0.25) is 0 Å². The van der Waals surface area contributed by atoms with E-state index in [4.69, 9.17) is 0 Å². The van der Waals surface area contributed by atoms with Crippen molar-refractivity contribution < 1.29 is 18.8 Å². The summed E-state index contributed by atoms with van der Waals surface area (Å²) < 4.78 is 13.6. The maximum atomic E-state index is 13.6. The van der Waals surface area contributed by atoms with Gasteiger partial charge in [0.15, 0.2) is 0 Å². The van der Waals surface area contributed by atoms with E-state index in [9.17, 15) is 18.8 Å². The fraction of sp³-hybridized carbons (Fsp3) is 0.400. The smallest absolute Gasteiger partial charge is 0.238 e. The fourth-order valence-electron chi connectivity index (χ4n) is 3.32. The molecule has 0 aliphatic rings. The summed E-state index contributed by atoms with van der Waals surface area (Å²) in [5, 5.41) is 5.47. The van der Waals surface area contributed by atoms with E-state index in [0.717, 1.165) is 0 Å². The molecule has 0 atom stereocenters. The highest BCUT2D eigenvalue weighted by molar-refractivity contribution is 5.93. The topological polar surface area (TPSA) is 81.8 Å². The first-order valence-electron chi connectivity index (χ1n) is 10.9. The van der Waals surface area contributed by atoms with E-state index in [1.54, 1.807) is 46.2 Å². The van der Waals surface area contributed by atoms with E-state index < -0.39 is 5.54 Å². The van der Waals surface area contributed by atoms with E-state index in [-0.39, 0.29) is 43.2 Å². The predicted molar refractivity (Wildman–Crippen MR) is 128 cm³/mol. The zero-order chi connectivity index (χ0) is 24.6. The molecule has 8 heteroatoms. The van der Waals surface area contributed by atoms with Gasteiger partial charge in [-0.2, -0.15) is 0 Å². The van der Waals surface area contributed by atoms with Gasteiger partial charge >= 0.3 is 0 Å². The molecule has 2 aromatic carbocycles. The maximum Gasteiger partial charge on any atom is 0.238 e. The summed E-state index contributed by atoms with van der Waals surface area (Å²) in [5.41, 5.74) is 1.48. The lowest BCUT2D eigenvalue weighted by atomic mass is 10.0. The quantitative estimate of drug-likeness (QED) is 0.600. The normalized spacial score (nSPS) is 11.2. The molecule has 0 heterocycles. The number of likely N-dealkylation sites (N-methyl/N-ethyl adjacent to an activating group) is 1. The van der Waals surface area contributed by atoms with Crippen LogP contribution in [-0.2, 0) is 20.9 Å². The van der Waals surface area contributed by atoms with Gasteiger partial charge in [0.2, 0.25) is 17.7 Å². The molecule has 33 heavy (non-hydrogen) atoms. The lowest BCUT2D eigenvalue weighted by Gasteiger charge is -2.37. The Morgan fingerprint density at radius 3 is 2.06 bits per heavy atom. The van der Waals surface area contributed by atoms with Crippen LogP contribution in [0.4, 0.5) is 15.8 Å². The van der Waals surface area contributed by atoms with Crippen LogP contribution in [0, 0.1) is 5.82 Å². The van der Waals surface area contributed by atoms with E-state index in [2.05, 4.69) is 10.6 Å². The fourth-order valence-corrected chi connectivity index (χ4v) is 3.32. The second kappa shape index (κ2) is 11.6. The largest absolute Gasteiger partial charge is 0.332 e. The first-order chi connectivity index (χ1) is 15.5. The van der Waals surface area contributed by atoms with Gasteiger partial charge in [0, 0.05) is 30.4 Å². The molecule has 0 saturated heterocycles. The van der Waals surface area contributed by atoms with Crippen molar-refractivity contribution in [2.75, 3.05) is 30.3 Å². The number of nitrogens with zero attached hydrogens (tertiary/aromatic N) is 2. The van der Waals surface area contributed by atoms with Gasteiger partial charge < -0.3 is 15.5 Å². The number of benzene rings is 2. The minimum atomic E-state index is -0.472. The Morgan fingerprint density at radius 2 is 1.55 bits per heavy atom. The van der Waals surface area contributed by atoms with E-state index in [1.165, 1.54) is 19.1 Å². The summed E-state index contributed by atoms with van der Waals surface area (Å²) in [6.07, 6.45) is 0. The van der Waals surface area contributed by atoms with Crippen LogP contribution in [0.15, 0.2) is 48.5 Å². The SMILES string of the molecule is CCN(CC(=O)Nc1ccc(NC(C)=O)cc1)CC(=O)N(Cc1cccc(F)c1)C(C)(C)C. The standard InChI is InChI=1S/C25H33FN4O3/c1-6-29(16-23(32)28-22-12-10-21(11-13-22)27-18(2)31)17-24(33)30(25(3,4)5)15-19-8-7-9-20(26)14-19/h7-14H,6,15-17H2,1-5H3,(H,27,31)(H,28,32). The lowest BCUT2D eigenvalue weighted by Crippen LogP contribution is -2.50. The van der Waals surface area contributed by atoms with Crippen LogP contribution in [0.25, 0.3) is 0 Å². The third-order valence-corrected chi connectivity index (χ3v) is 5.00. The zero-order valence-corrected chi connectivity index (χ0v) is 19.9. The van der Waals surface area contributed by atoms with Crippen molar-refractivity contribution in [3.8, 4) is 0 Å². The summed E-state index contributed by atoms with van der Waals surface area (Å²) in [4.78, 5) is 40.2. The minimum Gasteiger partial charge on any atom is -0.332 e. The number of carbonyl (C=O) groups is 3. The molecule has 0 aliphatic carbocycles. The van der Waals surface area contributed by atoms with Crippen molar-refractivity contribution in [2.24, 2.45) is 0 Å². The predicted octanol–water partition coefficient (Wildman–Crippen LogP) is 3.87. The summed E-state index contributed by atoms with van der Waals surface area (Å²) in [5.74, 6) is -0.895. The highest BCUT2D eigenvalue weighted by Crippen LogP contribution is 2.19. The van der Waals surface area contributed by atoms with Gasteiger partial charge in [-0.05, 0) is 69.3 Å². The average Bonchev–Trinajstić information content (AvgIpc) is 2.71. The van der Waals surface area contributed by atoms with Crippen LogP contribution >= 0.6 is 0 Å². The molecule has 0 radical (unpaired) electrons. The number of hydrogen-bond acceptors (Lipinski definition) is 4. The number of amides is 3. The molecule has 0 aromatic heterocycles. The second-order valence-electron chi connectivity index (χ2n) is 8.89. The average molecular weight is 457 g/mol. The molecule has 2 N–H and O–H groups in total. The van der Waals surface area contributed by atoms with Crippen molar-refractivity contribution >= 4 is 29.1 Å². The summed E-state index contributed by atoms with van der Waals surface area (Å²) in [6.45, 7) is 10.0. The molecule has 2 aromatic rings. The monoisotopic (exact) mass is 456 g/mol. The number of rotatable bonds is 9. The van der Waals surface area contributed by atoms with Gasteiger partial charge in [-0.3, -0.25) is 19.3 Å². The molecular formula is C25H33FN4O3. The first kappa shape index (κ1) is 26.0. The Hall–Kier alpha value is -3.26. The Kier molecular flexibility index (Phi) is 9.11. The molecule has 0 saturated carbocycles. The van der Waals surface area contributed by atoms with Crippen LogP contribution < -0.4 is 10.6 Å². The van der Waals surface area contributed by atoms with Crippen LogP contribution in [0.5, 0.6) is 0 Å². The number of anilines is 2. The molecule has 0 bridgehead atoms. The summed E-state index contributed by atoms with van der Waals surface area (Å²) in [7, 11) is 0. The molecule has 0 aliphatic heterocycles. The Labute approximate surface area is 195 Å². The molecule has 0 unspecified atom stereocenters. The summed E-state index contributed by atoms with van der Waals surface area (Å²) >= 11 is 0. The second-order valence-corrected chi connectivity index (χ2v) is 8.89. The molecule has 0 fully saturated rings. The van der Waals surface area contributed by atoms with E-state index in [0.29, 0.717) is 23.5 Å². The molecule has 2 rings (SSSR count). The zero-order valence-electron chi connectivity index (χ0n) is 19.9. The minimum absolute atomic E-state index is 0.0492. The van der Waals surface area contributed by atoms with Gasteiger partial charge in [0.1, 0.15) is 5.82 Å².